The second kappa shape index (κ2) is 12.7. The number of aliphatic hydroxyl groups is 1. The van der Waals surface area contributed by atoms with Crippen molar-refractivity contribution < 1.29 is 14.6 Å². The Balaban J connectivity index is 0.00000420. The minimum absolute atomic E-state index is 0. The van der Waals surface area contributed by atoms with Crippen LogP contribution < -0.4 is 20.7 Å². The van der Waals surface area contributed by atoms with E-state index in [1.54, 1.807) is 14.0 Å². The van der Waals surface area contributed by atoms with Crippen LogP contribution in [-0.4, -0.2) is 43.7 Å². The molecule has 0 saturated carbocycles. The molecule has 0 saturated heterocycles. The second-order valence-electron chi connectivity index (χ2n) is 6.46. The molecule has 1 heterocycles. The summed E-state index contributed by atoms with van der Waals surface area (Å²) in [7, 11) is 1.62. The van der Waals surface area contributed by atoms with Gasteiger partial charge in [0.25, 0.3) is 0 Å². The highest BCUT2D eigenvalue weighted by Gasteiger charge is 2.23. The van der Waals surface area contributed by atoms with Crippen molar-refractivity contribution in [3.63, 3.8) is 0 Å². The summed E-state index contributed by atoms with van der Waals surface area (Å²) in [5, 5.41) is 23.4. The topological polar surface area (TPSA) is 95.0 Å². The molecular weight excluding hydrogens is 503 g/mol. The van der Waals surface area contributed by atoms with Crippen LogP contribution in [0.5, 0.6) is 5.75 Å². The lowest BCUT2D eigenvalue weighted by Gasteiger charge is -2.24. The van der Waals surface area contributed by atoms with Crippen molar-refractivity contribution in [2.24, 2.45) is 4.99 Å². The highest BCUT2D eigenvalue weighted by atomic mass is 127. The maximum Gasteiger partial charge on any atom is 0.242 e. The third-order valence-electron chi connectivity index (χ3n) is 4.12. The van der Waals surface area contributed by atoms with Gasteiger partial charge in [0.2, 0.25) is 5.91 Å². The molecule has 2 rings (SSSR count). The van der Waals surface area contributed by atoms with Crippen molar-refractivity contribution in [3.8, 4) is 5.75 Å². The van der Waals surface area contributed by atoms with E-state index < -0.39 is 5.60 Å². The Morgan fingerprint density at radius 3 is 2.52 bits per heavy atom. The van der Waals surface area contributed by atoms with Gasteiger partial charge in [0, 0.05) is 13.1 Å². The molecule has 7 nitrogen and oxygen atoms in total. The van der Waals surface area contributed by atoms with Gasteiger partial charge in [-0.25, -0.2) is 4.99 Å². The Kier molecular flexibility index (Phi) is 11.0. The Morgan fingerprint density at radius 2 is 1.93 bits per heavy atom. The van der Waals surface area contributed by atoms with Crippen LogP contribution in [0.25, 0.3) is 0 Å². The van der Waals surface area contributed by atoms with Crippen LogP contribution in [0.4, 0.5) is 0 Å². The minimum atomic E-state index is -1.02. The molecule has 0 aliphatic carbocycles. The minimum Gasteiger partial charge on any atom is -0.497 e. The molecule has 0 bridgehead atoms. The fraction of sp³-hybridized carbons (Fsp3) is 0.400. The van der Waals surface area contributed by atoms with Gasteiger partial charge in [0.05, 0.1) is 13.7 Å². The van der Waals surface area contributed by atoms with Gasteiger partial charge in [-0.15, -0.1) is 24.0 Å². The summed E-state index contributed by atoms with van der Waals surface area (Å²) in [6.45, 7) is 5.04. The van der Waals surface area contributed by atoms with Gasteiger partial charge in [0.1, 0.15) is 17.9 Å². The van der Waals surface area contributed by atoms with E-state index in [1.807, 2.05) is 48.0 Å². The number of nitrogens with zero attached hydrogens (tertiary/aromatic N) is 1. The maximum atomic E-state index is 12.1. The van der Waals surface area contributed by atoms with E-state index in [-0.39, 0.29) is 43.0 Å². The molecule has 1 unspecified atom stereocenters. The molecule has 0 fully saturated rings. The molecule has 1 amide bonds. The predicted molar refractivity (Wildman–Crippen MR) is 128 cm³/mol. The van der Waals surface area contributed by atoms with E-state index in [2.05, 4.69) is 20.9 Å². The molecule has 160 valence electrons. The number of hydrogen-bond acceptors (Lipinski definition) is 5. The van der Waals surface area contributed by atoms with E-state index in [9.17, 15) is 9.90 Å². The van der Waals surface area contributed by atoms with Crippen LogP contribution in [0.15, 0.2) is 46.1 Å². The molecule has 0 radical (unpaired) electrons. The zero-order valence-corrected chi connectivity index (χ0v) is 20.0. The van der Waals surface area contributed by atoms with Crippen LogP contribution in [-0.2, 0) is 16.9 Å². The van der Waals surface area contributed by atoms with Gasteiger partial charge >= 0.3 is 0 Å². The largest absolute Gasteiger partial charge is 0.497 e. The highest BCUT2D eigenvalue weighted by Crippen LogP contribution is 2.21. The second-order valence-corrected chi connectivity index (χ2v) is 7.24. The van der Waals surface area contributed by atoms with Crippen molar-refractivity contribution in [1.29, 1.82) is 0 Å². The average Bonchev–Trinajstić information content (AvgIpc) is 3.25. The molecule has 2 aromatic rings. The molecule has 0 spiro atoms. The van der Waals surface area contributed by atoms with Crippen molar-refractivity contribution in [2.45, 2.75) is 26.0 Å². The standard InChI is InChI=1S/C20H28N4O3S.HI/c1-4-21-19(24-14-20(2,26)16-9-10-28-13-16)23-12-18(25)22-11-15-5-7-17(27-3)8-6-15;/h5-10,13,26H,4,11-12,14H2,1-3H3,(H,22,25)(H2,21,23,24);1H. The summed E-state index contributed by atoms with van der Waals surface area (Å²) >= 11 is 1.54. The fourth-order valence-corrected chi connectivity index (χ4v) is 3.20. The number of guanidine groups is 1. The molecule has 0 aliphatic heterocycles. The first kappa shape index (κ1) is 25.2. The molecule has 29 heavy (non-hydrogen) atoms. The van der Waals surface area contributed by atoms with Gasteiger partial charge in [-0.2, -0.15) is 11.3 Å². The number of thiophene rings is 1. The van der Waals surface area contributed by atoms with Crippen molar-refractivity contribution in [1.82, 2.24) is 16.0 Å². The summed E-state index contributed by atoms with van der Waals surface area (Å²) in [6.07, 6.45) is 0. The number of amides is 1. The first-order valence-electron chi connectivity index (χ1n) is 9.11. The van der Waals surface area contributed by atoms with Gasteiger partial charge in [0.15, 0.2) is 5.96 Å². The number of rotatable bonds is 9. The van der Waals surface area contributed by atoms with E-state index in [1.165, 1.54) is 11.3 Å². The zero-order valence-electron chi connectivity index (χ0n) is 16.9. The number of ether oxygens (including phenoxy) is 1. The quantitative estimate of drug-likeness (QED) is 0.226. The van der Waals surface area contributed by atoms with Crippen LogP contribution in [0, 0.1) is 0 Å². The average molecular weight is 532 g/mol. The number of aliphatic imine (C=N–C) groups is 1. The monoisotopic (exact) mass is 532 g/mol. The number of carbonyl (C=O) groups is 1. The molecular formula is C20H29IN4O3S. The number of halogens is 1. The van der Waals surface area contributed by atoms with Crippen molar-refractivity contribution in [2.75, 3.05) is 26.7 Å². The van der Waals surface area contributed by atoms with Crippen LogP contribution in [0.1, 0.15) is 25.0 Å². The summed E-state index contributed by atoms with van der Waals surface area (Å²) in [4.78, 5) is 16.4. The van der Waals surface area contributed by atoms with E-state index >= 15 is 0 Å². The Hall–Kier alpha value is -1.85. The third kappa shape index (κ3) is 8.58. The van der Waals surface area contributed by atoms with E-state index in [4.69, 9.17) is 4.74 Å². The van der Waals surface area contributed by atoms with Gasteiger partial charge in [-0.05, 0) is 53.9 Å². The first-order valence-corrected chi connectivity index (χ1v) is 10.1. The fourth-order valence-electron chi connectivity index (χ4n) is 2.42. The summed E-state index contributed by atoms with van der Waals surface area (Å²) in [5.41, 5.74) is 0.806. The zero-order chi connectivity index (χ0) is 20.4. The molecule has 1 aromatic carbocycles. The normalized spacial score (nSPS) is 13.0. The van der Waals surface area contributed by atoms with Crippen LogP contribution in [0.3, 0.4) is 0 Å². The van der Waals surface area contributed by atoms with Crippen LogP contribution in [0.2, 0.25) is 0 Å². The van der Waals surface area contributed by atoms with E-state index in [0.717, 1.165) is 16.9 Å². The number of nitrogens with one attached hydrogen (secondary N) is 3. The van der Waals surface area contributed by atoms with Gasteiger partial charge in [-0.1, -0.05) is 12.1 Å². The van der Waals surface area contributed by atoms with Crippen molar-refractivity contribution in [3.05, 3.63) is 52.2 Å². The molecule has 9 heteroatoms. The molecule has 1 aromatic heterocycles. The lowest BCUT2D eigenvalue weighted by molar-refractivity contribution is -0.119. The summed E-state index contributed by atoms with van der Waals surface area (Å²) in [5.74, 6) is 1.08. The predicted octanol–water partition coefficient (Wildman–Crippen LogP) is 2.45. The highest BCUT2D eigenvalue weighted by molar-refractivity contribution is 14.0. The van der Waals surface area contributed by atoms with Crippen LogP contribution >= 0.6 is 35.3 Å². The molecule has 1 atom stereocenters. The first-order chi connectivity index (χ1) is 13.4. The van der Waals surface area contributed by atoms with Crippen molar-refractivity contribution >= 4 is 47.2 Å². The molecule has 0 aliphatic rings. The number of carbonyl (C=O) groups excluding carboxylic acids is 1. The Labute approximate surface area is 193 Å². The van der Waals surface area contributed by atoms with Gasteiger partial charge < -0.3 is 25.8 Å². The molecule has 4 N–H and O–H groups in total. The number of hydrogen-bond donors (Lipinski definition) is 4. The maximum absolute atomic E-state index is 12.1. The number of methoxy groups -OCH3 is 1. The summed E-state index contributed by atoms with van der Waals surface area (Å²) < 4.78 is 5.12. The summed E-state index contributed by atoms with van der Waals surface area (Å²) in [6, 6.07) is 9.41. The van der Waals surface area contributed by atoms with Gasteiger partial charge in [-0.3, -0.25) is 4.79 Å². The van der Waals surface area contributed by atoms with E-state index in [0.29, 0.717) is 19.0 Å². The number of benzene rings is 1. The lowest BCUT2D eigenvalue weighted by atomic mass is 9.99. The smallest absolute Gasteiger partial charge is 0.242 e. The Bertz CT molecular complexity index is 765. The Morgan fingerprint density at radius 1 is 1.21 bits per heavy atom. The SMILES string of the molecule is CCNC(=NCC(=O)NCc1ccc(OC)cc1)NCC(C)(O)c1ccsc1.I. The lowest BCUT2D eigenvalue weighted by Crippen LogP contribution is -2.44. The third-order valence-corrected chi connectivity index (χ3v) is 4.80.